The number of ether oxygens (including phenoxy) is 2. The largest absolute Gasteiger partial charge is 0.380 e. The second-order valence-electron chi connectivity index (χ2n) is 8.51. The minimum absolute atomic E-state index is 0.193. The SMILES string of the molecule is C#CCCC(OC)C(COCc1ccccc1)N(Cc1ccccc1)S(=O)C(C)(C)C. The third kappa shape index (κ3) is 8.23. The predicted molar refractivity (Wildman–Crippen MR) is 129 cm³/mol. The molecule has 0 N–H and O–H groups in total. The molecule has 0 saturated carbocycles. The Morgan fingerprint density at radius 2 is 1.61 bits per heavy atom. The second-order valence-corrected chi connectivity index (χ2v) is 10.7. The van der Waals surface area contributed by atoms with Gasteiger partial charge in [0.2, 0.25) is 0 Å². The molecule has 3 unspecified atom stereocenters. The summed E-state index contributed by atoms with van der Waals surface area (Å²) in [5.41, 5.74) is 2.20. The summed E-state index contributed by atoms with van der Waals surface area (Å²) in [7, 11) is 0.427. The van der Waals surface area contributed by atoms with Gasteiger partial charge >= 0.3 is 0 Å². The lowest BCUT2D eigenvalue weighted by molar-refractivity contribution is -0.0131. The van der Waals surface area contributed by atoms with E-state index >= 15 is 0 Å². The highest BCUT2D eigenvalue weighted by atomic mass is 32.2. The van der Waals surface area contributed by atoms with Crippen molar-refractivity contribution in [2.24, 2.45) is 0 Å². The zero-order valence-corrected chi connectivity index (χ0v) is 19.9. The van der Waals surface area contributed by atoms with Crippen molar-refractivity contribution in [3.63, 3.8) is 0 Å². The Morgan fingerprint density at radius 3 is 2.13 bits per heavy atom. The molecule has 0 aliphatic carbocycles. The number of benzene rings is 2. The molecule has 0 spiro atoms. The first-order chi connectivity index (χ1) is 14.9. The Kier molecular flexibility index (Phi) is 10.4. The van der Waals surface area contributed by atoms with E-state index in [0.717, 1.165) is 11.1 Å². The van der Waals surface area contributed by atoms with E-state index in [1.807, 2.05) is 73.6 Å². The summed E-state index contributed by atoms with van der Waals surface area (Å²) < 4.78 is 27.2. The Labute approximate surface area is 190 Å². The zero-order valence-electron chi connectivity index (χ0n) is 19.1. The maximum Gasteiger partial charge on any atom is 0.100 e. The molecule has 3 atom stereocenters. The highest BCUT2D eigenvalue weighted by Crippen LogP contribution is 2.25. The Balaban J connectivity index is 2.30. The minimum Gasteiger partial charge on any atom is -0.380 e. The topological polar surface area (TPSA) is 38.8 Å². The number of methoxy groups -OCH3 is 1. The van der Waals surface area contributed by atoms with Crippen LogP contribution in [0.3, 0.4) is 0 Å². The van der Waals surface area contributed by atoms with Gasteiger partial charge in [-0.25, -0.2) is 8.51 Å². The molecular weight excluding hydrogens is 406 g/mol. The first-order valence-corrected chi connectivity index (χ1v) is 11.8. The monoisotopic (exact) mass is 441 g/mol. The smallest absolute Gasteiger partial charge is 0.100 e. The molecule has 0 fully saturated rings. The van der Waals surface area contributed by atoms with Crippen LogP contribution in [0.15, 0.2) is 60.7 Å². The molecule has 31 heavy (non-hydrogen) atoms. The molecule has 5 heteroatoms. The second kappa shape index (κ2) is 12.8. The zero-order chi connectivity index (χ0) is 22.7. The lowest BCUT2D eigenvalue weighted by Crippen LogP contribution is -2.51. The summed E-state index contributed by atoms with van der Waals surface area (Å²) in [5.74, 6) is 2.70. The van der Waals surface area contributed by atoms with E-state index in [2.05, 4.69) is 18.1 Å². The van der Waals surface area contributed by atoms with Crippen LogP contribution in [0.1, 0.15) is 44.7 Å². The quantitative estimate of drug-likeness (QED) is 0.437. The summed E-state index contributed by atoms with van der Waals surface area (Å²) >= 11 is 0. The Hall–Kier alpha value is -1.97. The van der Waals surface area contributed by atoms with Gasteiger partial charge in [-0.3, -0.25) is 0 Å². The lowest BCUT2D eigenvalue weighted by atomic mass is 10.1. The molecule has 2 aromatic carbocycles. The van der Waals surface area contributed by atoms with Crippen LogP contribution in [0.2, 0.25) is 0 Å². The maximum atomic E-state index is 13.6. The first-order valence-electron chi connectivity index (χ1n) is 10.7. The molecule has 0 saturated heterocycles. The van der Waals surface area contributed by atoms with Crippen molar-refractivity contribution in [3.05, 3.63) is 71.8 Å². The van der Waals surface area contributed by atoms with Gasteiger partial charge in [-0.2, -0.15) is 0 Å². The molecule has 0 radical (unpaired) electrons. The van der Waals surface area contributed by atoms with Gasteiger partial charge in [0.15, 0.2) is 0 Å². The Morgan fingerprint density at radius 1 is 1.03 bits per heavy atom. The van der Waals surface area contributed by atoms with Gasteiger partial charge in [-0.15, -0.1) is 12.3 Å². The van der Waals surface area contributed by atoms with Crippen LogP contribution in [0.5, 0.6) is 0 Å². The average molecular weight is 442 g/mol. The van der Waals surface area contributed by atoms with Gasteiger partial charge in [0.1, 0.15) is 11.0 Å². The standard InChI is InChI=1S/C26H35NO3S/c1-6-7-18-25(29-5)24(21-30-20-23-16-12-9-13-17-23)27(31(28)26(2,3)4)19-22-14-10-8-11-15-22/h1,8-17,24-25H,7,18-21H2,2-5H3. The van der Waals surface area contributed by atoms with Crippen molar-refractivity contribution in [2.75, 3.05) is 13.7 Å². The molecule has 4 nitrogen and oxygen atoms in total. The molecule has 0 amide bonds. The van der Waals surface area contributed by atoms with E-state index in [9.17, 15) is 4.21 Å². The summed E-state index contributed by atoms with van der Waals surface area (Å²) in [6.45, 7) is 7.40. The third-order valence-electron chi connectivity index (χ3n) is 4.99. The maximum absolute atomic E-state index is 13.6. The molecule has 0 aliphatic heterocycles. The molecule has 0 aromatic heterocycles. The van der Waals surface area contributed by atoms with Crippen LogP contribution < -0.4 is 0 Å². The Bertz CT molecular complexity index is 827. The number of nitrogens with zero attached hydrogens (tertiary/aromatic N) is 1. The van der Waals surface area contributed by atoms with Crippen LogP contribution in [0.25, 0.3) is 0 Å². The van der Waals surface area contributed by atoms with E-state index in [4.69, 9.17) is 15.9 Å². The number of rotatable bonds is 12. The van der Waals surface area contributed by atoms with Crippen LogP contribution >= 0.6 is 0 Å². The van der Waals surface area contributed by atoms with Crippen molar-refractivity contribution in [2.45, 2.75) is 63.7 Å². The van der Waals surface area contributed by atoms with Crippen LogP contribution in [-0.4, -0.2) is 39.1 Å². The van der Waals surface area contributed by atoms with Crippen molar-refractivity contribution in [3.8, 4) is 12.3 Å². The van der Waals surface area contributed by atoms with Gasteiger partial charge in [0.05, 0.1) is 30.1 Å². The fraction of sp³-hybridized carbons (Fsp3) is 0.462. The minimum atomic E-state index is -1.26. The molecule has 168 valence electrons. The molecular formula is C26H35NO3S. The summed E-state index contributed by atoms with van der Waals surface area (Å²) in [6, 6.07) is 19.9. The summed E-state index contributed by atoms with van der Waals surface area (Å²) in [4.78, 5) is 0. The molecule has 0 heterocycles. The molecule has 0 aliphatic rings. The van der Waals surface area contributed by atoms with Gasteiger partial charge < -0.3 is 9.47 Å². The molecule has 2 aromatic rings. The van der Waals surface area contributed by atoms with Gasteiger partial charge in [-0.1, -0.05) is 60.7 Å². The molecule has 0 bridgehead atoms. The number of hydrogen-bond donors (Lipinski definition) is 0. The van der Waals surface area contributed by atoms with Gasteiger partial charge in [-0.05, 0) is 38.3 Å². The third-order valence-corrected chi connectivity index (χ3v) is 6.87. The highest BCUT2D eigenvalue weighted by molar-refractivity contribution is 7.84. The normalized spacial score (nSPS) is 14.7. The van der Waals surface area contributed by atoms with Crippen LogP contribution in [0.4, 0.5) is 0 Å². The van der Waals surface area contributed by atoms with E-state index in [0.29, 0.717) is 32.6 Å². The van der Waals surface area contributed by atoms with Crippen LogP contribution in [0, 0.1) is 12.3 Å². The van der Waals surface area contributed by atoms with Gasteiger partial charge in [0.25, 0.3) is 0 Å². The van der Waals surface area contributed by atoms with E-state index < -0.39 is 15.7 Å². The number of terminal acetylenes is 1. The number of hydrogen-bond acceptors (Lipinski definition) is 3. The van der Waals surface area contributed by atoms with Crippen molar-refractivity contribution < 1.29 is 13.7 Å². The van der Waals surface area contributed by atoms with E-state index in [1.165, 1.54) is 0 Å². The van der Waals surface area contributed by atoms with Crippen LogP contribution in [-0.2, 0) is 33.6 Å². The van der Waals surface area contributed by atoms with Gasteiger partial charge in [0, 0.05) is 20.1 Å². The summed E-state index contributed by atoms with van der Waals surface area (Å²) in [5, 5.41) is 0. The van der Waals surface area contributed by atoms with Crippen molar-refractivity contribution >= 4 is 11.0 Å². The first kappa shape index (κ1) is 25.3. The van der Waals surface area contributed by atoms with E-state index in [-0.39, 0.29) is 12.1 Å². The van der Waals surface area contributed by atoms with Crippen molar-refractivity contribution in [1.29, 1.82) is 0 Å². The predicted octanol–water partition coefficient (Wildman–Crippen LogP) is 4.96. The fourth-order valence-electron chi connectivity index (χ4n) is 3.35. The lowest BCUT2D eigenvalue weighted by Gasteiger charge is -2.38. The van der Waals surface area contributed by atoms with Crippen molar-refractivity contribution in [1.82, 2.24) is 4.31 Å². The van der Waals surface area contributed by atoms with E-state index in [1.54, 1.807) is 7.11 Å². The molecule has 2 rings (SSSR count). The highest BCUT2D eigenvalue weighted by Gasteiger charge is 2.36. The average Bonchev–Trinajstić information content (AvgIpc) is 2.77. The summed E-state index contributed by atoms with van der Waals surface area (Å²) in [6.07, 6.45) is 6.61. The fourth-order valence-corrected chi connectivity index (χ4v) is 4.77.